The number of carbonyl (C=O) groups is 1. The number of nitrogens with zero attached hydrogens (tertiary/aromatic N) is 1. The summed E-state index contributed by atoms with van der Waals surface area (Å²) in [5.74, 6) is 0.908. The molecular weight excluding hydrogens is 228 g/mol. The summed E-state index contributed by atoms with van der Waals surface area (Å²) in [5, 5.41) is 13.0. The molecule has 0 radical (unpaired) electrons. The Kier molecular flexibility index (Phi) is 2.51. The number of amides is 1. The van der Waals surface area contributed by atoms with Gasteiger partial charge in [-0.05, 0) is 24.1 Å². The SMILES string of the molecule is CNc1cc(-c2ccc3c(c2)CCC(=O)N3)[nH]n1. The van der Waals surface area contributed by atoms with Crippen molar-refractivity contribution in [1.82, 2.24) is 10.2 Å². The van der Waals surface area contributed by atoms with Gasteiger partial charge in [0.1, 0.15) is 5.82 Å². The first kappa shape index (κ1) is 10.8. The van der Waals surface area contributed by atoms with E-state index >= 15 is 0 Å². The molecule has 0 fully saturated rings. The molecule has 0 aliphatic carbocycles. The fourth-order valence-electron chi connectivity index (χ4n) is 2.15. The summed E-state index contributed by atoms with van der Waals surface area (Å²) in [6, 6.07) is 7.99. The molecule has 3 rings (SSSR count). The Morgan fingerprint density at radius 3 is 2.94 bits per heavy atom. The average molecular weight is 242 g/mol. The number of fused-ring (bicyclic) bond motifs is 1. The van der Waals surface area contributed by atoms with Crippen molar-refractivity contribution in [3.8, 4) is 11.3 Å². The summed E-state index contributed by atoms with van der Waals surface area (Å²) in [7, 11) is 1.84. The second kappa shape index (κ2) is 4.18. The topological polar surface area (TPSA) is 69.8 Å². The van der Waals surface area contributed by atoms with Crippen LogP contribution in [0.15, 0.2) is 24.3 Å². The van der Waals surface area contributed by atoms with Crippen LogP contribution in [0.3, 0.4) is 0 Å². The molecule has 0 saturated carbocycles. The molecule has 1 aromatic carbocycles. The number of aryl methyl sites for hydroxylation is 1. The predicted molar refractivity (Wildman–Crippen MR) is 70.5 cm³/mol. The maximum Gasteiger partial charge on any atom is 0.224 e. The van der Waals surface area contributed by atoms with Gasteiger partial charge in [0.25, 0.3) is 0 Å². The van der Waals surface area contributed by atoms with Gasteiger partial charge >= 0.3 is 0 Å². The third kappa shape index (κ3) is 1.84. The van der Waals surface area contributed by atoms with E-state index in [1.807, 2.05) is 25.2 Å². The molecule has 1 aromatic heterocycles. The van der Waals surface area contributed by atoms with E-state index in [4.69, 9.17) is 0 Å². The number of carbonyl (C=O) groups excluding carboxylic acids is 1. The molecular formula is C13H14N4O. The van der Waals surface area contributed by atoms with Gasteiger partial charge < -0.3 is 10.6 Å². The first-order valence-electron chi connectivity index (χ1n) is 5.92. The van der Waals surface area contributed by atoms with Gasteiger partial charge in [0, 0.05) is 30.8 Å². The van der Waals surface area contributed by atoms with Crippen LogP contribution in [0.25, 0.3) is 11.3 Å². The van der Waals surface area contributed by atoms with Crippen molar-refractivity contribution >= 4 is 17.4 Å². The number of rotatable bonds is 2. The molecule has 2 aromatic rings. The second-order valence-corrected chi connectivity index (χ2v) is 4.34. The number of aromatic amines is 1. The van der Waals surface area contributed by atoms with Gasteiger partial charge in [-0.1, -0.05) is 6.07 Å². The summed E-state index contributed by atoms with van der Waals surface area (Å²) in [6.45, 7) is 0. The van der Waals surface area contributed by atoms with Crippen LogP contribution < -0.4 is 10.6 Å². The molecule has 3 N–H and O–H groups in total. The van der Waals surface area contributed by atoms with Crippen LogP contribution in [0.4, 0.5) is 11.5 Å². The highest BCUT2D eigenvalue weighted by molar-refractivity contribution is 5.94. The molecule has 92 valence electrons. The van der Waals surface area contributed by atoms with Crippen LogP contribution >= 0.6 is 0 Å². The van der Waals surface area contributed by atoms with E-state index in [2.05, 4.69) is 26.9 Å². The first-order chi connectivity index (χ1) is 8.76. The Morgan fingerprint density at radius 1 is 1.28 bits per heavy atom. The number of hydrogen-bond donors (Lipinski definition) is 3. The van der Waals surface area contributed by atoms with Gasteiger partial charge in [0.05, 0.1) is 5.69 Å². The summed E-state index contributed by atoms with van der Waals surface area (Å²) in [5.41, 5.74) is 4.15. The van der Waals surface area contributed by atoms with Crippen LogP contribution in [0, 0.1) is 0 Å². The van der Waals surface area contributed by atoms with E-state index in [1.165, 1.54) is 5.56 Å². The molecule has 1 aliphatic heterocycles. The Balaban J connectivity index is 1.97. The molecule has 0 unspecified atom stereocenters. The third-order valence-corrected chi connectivity index (χ3v) is 3.15. The van der Waals surface area contributed by atoms with E-state index in [-0.39, 0.29) is 5.91 Å². The smallest absolute Gasteiger partial charge is 0.224 e. The molecule has 5 heteroatoms. The van der Waals surface area contributed by atoms with Gasteiger partial charge in [-0.2, -0.15) is 5.10 Å². The van der Waals surface area contributed by atoms with Gasteiger partial charge in [-0.3, -0.25) is 9.89 Å². The van der Waals surface area contributed by atoms with Crippen molar-refractivity contribution in [3.63, 3.8) is 0 Å². The standard InChI is InChI=1S/C13H14N4O/c1-14-12-7-11(16-17-12)9-2-4-10-8(6-9)3-5-13(18)15-10/h2,4,6-7H,3,5H2,1H3,(H,15,18)(H2,14,16,17). The molecule has 0 bridgehead atoms. The van der Waals surface area contributed by atoms with E-state index in [0.29, 0.717) is 6.42 Å². The lowest BCUT2D eigenvalue weighted by Crippen LogP contribution is -2.18. The van der Waals surface area contributed by atoms with Gasteiger partial charge in [-0.15, -0.1) is 0 Å². The van der Waals surface area contributed by atoms with E-state index in [9.17, 15) is 4.79 Å². The molecule has 1 aliphatic rings. The van der Waals surface area contributed by atoms with Crippen molar-refractivity contribution in [2.24, 2.45) is 0 Å². The highest BCUT2D eigenvalue weighted by Gasteiger charge is 2.15. The molecule has 1 amide bonds. The lowest BCUT2D eigenvalue weighted by Gasteiger charge is -2.17. The average Bonchev–Trinajstić information content (AvgIpc) is 2.87. The zero-order valence-corrected chi connectivity index (χ0v) is 10.1. The van der Waals surface area contributed by atoms with Crippen molar-refractivity contribution in [2.75, 3.05) is 17.7 Å². The quantitative estimate of drug-likeness (QED) is 0.754. The highest BCUT2D eigenvalue weighted by atomic mass is 16.1. The molecule has 0 atom stereocenters. The normalized spacial score (nSPS) is 13.9. The van der Waals surface area contributed by atoms with Crippen LogP contribution in [0.5, 0.6) is 0 Å². The molecule has 0 saturated heterocycles. The Morgan fingerprint density at radius 2 is 2.17 bits per heavy atom. The van der Waals surface area contributed by atoms with Crippen molar-refractivity contribution in [1.29, 1.82) is 0 Å². The predicted octanol–water partition coefficient (Wildman–Crippen LogP) is 2.00. The maximum atomic E-state index is 11.3. The first-order valence-corrected chi connectivity index (χ1v) is 5.92. The van der Waals surface area contributed by atoms with Crippen molar-refractivity contribution in [3.05, 3.63) is 29.8 Å². The number of anilines is 2. The minimum Gasteiger partial charge on any atom is -0.372 e. The minimum atomic E-state index is 0.0919. The number of hydrogen-bond acceptors (Lipinski definition) is 3. The number of nitrogens with one attached hydrogen (secondary N) is 3. The lowest BCUT2D eigenvalue weighted by molar-refractivity contribution is -0.116. The molecule has 18 heavy (non-hydrogen) atoms. The van der Waals surface area contributed by atoms with Crippen molar-refractivity contribution < 1.29 is 4.79 Å². The highest BCUT2D eigenvalue weighted by Crippen LogP contribution is 2.28. The molecule has 2 heterocycles. The van der Waals surface area contributed by atoms with Crippen LogP contribution in [-0.4, -0.2) is 23.2 Å². The Bertz CT molecular complexity index is 603. The van der Waals surface area contributed by atoms with E-state index < -0.39 is 0 Å². The fourth-order valence-corrected chi connectivity index (χ4v) is 2.15. The van der Waals surface area contributed by atoms with Crippen molar-refractivity contribution in [2.45, 2.75) is 12.8 Å². The zero-order valence-electron chi connectivity index (χ0n) is 10.1. The van der Waals surface area contributed by atoms with Crippen LogP contribution in [-0.2, 0) is 11.2 Å². The number of H-pyrrole nitrogens is 1. The van der Waals surface area contributed by atoms with Gasteiger partial charge in [0.2, 0.25) is 5.91 Å². The Labute approximate surface area is 105 Å². The van der Waals surface area contributed by atoms with Gasteiger partial charge in [0.15, 0.2) is 0 Å². The number of aromatic nitrogens is 2. The van der Waals surface area contributed by atoms with E-state index in [0.717, 1.165) is 29.2 Å². The fraction of sp³-hybridized carbons (Fsp3) is 0.231. The monoisotopic (exact) mass is 242 g/mol. The Hall–Kier alpha value is -2.30. The minimum absolute atomic E-state index is 0.0919. The second-order valence-electron chi connectivity index (χ2n) is 4.34. The summed E-state index contributed by atoms with van der Waals surface area (Å²) in [4.78, 5) is 11.3. The lowest BCUT2D eigenvalue weighted by atomic mass is 9.99. The summed E-state index contributed by atoms with van der Waals surface area (Å²) >= 11 is 0. The van der Waals surface area contributed by atoms with Crippen LogP contribution in [0.1, 0.15) is 12.0 Å². The summed E-state index contributed by atoms with van der Waals surface area (Å²) in [6.07, 6.45) is 1.35. The van der Waals surface area contributed by atoms with E-state index in [1.54, 1.807) is 0 Å². The summed E-state index contributed by atoms with van der Waals surface area (Å²) < 4.78 is 0. The zero-order chi connectivity index (χ0) is 12.5. The molecule has 5 nitrogen and oxygen atoms in total. The third-order valence-electron chi connectivity index (χ3n) is 3.15. The van der Waals surface area contributed by atoms with Crippen LogP contribution in [0.2, 0.25) is 0 Å². The number of benzene rings is 1. The molecule has 0 spiro atoms. The van der Waals surface area contributed by atoms with Gasteiger partial charge in [-0.25, -0.2) is 0 Å². The largest absolute Gasteiger partial charge is 0.372 e. The maximum absolute atomic E-state index is 11.3.